The first-order valence-corrected chi connectivity index (χ1v) is 10.3. The molecule has 0 amide bonds. The first-order chi connectivity index (χ1) is 13.2. The number of nitrogens with zero attached hydrogens (tertiary/aromatic N) is 4. The van der Waals surface area contributed by atoms with Crippen molar-refractivity contribution in [2.75, 3.05) is 30.4 Å². The van der Waals surface area contributed by atoms with Gasteiger partial charge in [-0.1, -0.05) is 12.8 Å². The van der Waals surface area contributed by atoms with Crippen LogP contribution in [-0.4, -0.2) is 46.3 Å². The molecule has 2 atom stereocenters. The van der Waals surface area contributed by atoms with Crippen LogP contribution in [0.25, 0.3) is 0 Å². The van der Waals surface area contributed by atoms with Crippen LogP contribution in [0, 0.1) is 5.41 Å². The molecule has 2 aromatic heterocycles. The van der Waals surface area contributed by atoms with Crippen LogP contribution in [0.2, 0.25) is 0 Å². The molecule has 7 heteroatoms. The van der Waals surface area contributed by atoms with Crippen molar-refractivity contribution < 1.29 is 0 Å². The molecular weight excluding hydrogens is 338 g/mol. The van der Waals surface area contributed by atoms with Crippen LogP contribution in [0.3, 0.4) is 0 Å². The lowest BCUT2D eigenvalue weighted by molar-refractivity contribution is 0.317. The summed E-state index contributed by atoms with van der Waals surface area (Å²) in [6.07, 6.45) is 10.8. The Labute approximate surface area is 160 Å². The van der Waals surface area contributed by atoms with Crippen molar-refractivity contribution in [2.45, 2.75) is 56.9 Å². The van der Waals surface area contributed by atoms with E-state index in [1.54, 1.807) is 0 Å². The molecule has 2 aliphatic carbocycles. The van der Waals surface area contributed by atoms with Gasteiger partial charge in [0.2, 0.25) is 5.95 Å². The molecule has 7 nitrogen and oxygen atoms in total. The number of hydrogen-bond acceptors (Lipinski definition) is 6. The molecule has 144 valence electrons. The summed E-state index contributed by atoms with van der Waals surface area (Å²) < 4.78 is 0. The van der Waals surface area contributed by atoms with Crippen LogP contribution in [0.5, 0.6) is 0 Å². The summed E-state index contributed by atoms with van der Waals surface area (Å²) in [4.78, 5) is 11.8. The van der Waals surface area contributed by atoms with Crippen molar-refractivity contribution in [1.82, 2.24) is 25.5 Å². The van der Waals surface area contributed by atoms with Crippen LogP contribution < -0.4 is 15.5 Å². The predicted octanol–water partition coefficient (Wildman–Crippen LogP) is 3.18. The van der Waals surface area contributed by atoms with Crippen molar-refractivity contribution in [3.05, 3.63) is 24.0 Å². The molecule has 2 bridgehead atoms. The summed E-state index contributed by atoms with van der Waals surface area (Å²) in [5.74, 6) is 3.14. The third-order valence-electron chi connectivity index (χ3n) is 6.72. The lowest BCUT2D eigenvalue weighted by atomic mass is 9.87. The van der Waals surface area contributed by atoms with Crippen LogP contribution in [-0.2, 0) is 0 Å². The number of piperidine rings is 1. The van der Waals surface area contributed by atoms with Gasteiger partial charge in [0.25, 0.3) is 0 Å². The second-order valence-corrected chi connectivity index (χ2v) is 8.61. The molecule has 1 saturated heterocycles. The SMILES string of the molecule is CNCC12CCC(C1)N(c1nccc(Nc3cc(C4CCCC4)[nH]n3)n1)C2. The third kappa shape index (κ3) is 3.18. The fourth-order valence-electron chi connectivity index (χ4n) is 5.44. The first-order valence-electron chi connectivity index (χ1n) is 10.3. The number of rotatable bonds is 6. The van der Waals surface area contributed by atoms with Gasteiger partial charge in [-0.3, -0.25) is 5.10 Å². The zero-order valence-corrected chi connectivity index (χ0v) is 16.0. The average Bonchev–Trinajstić information content (AvgIpc) is 3.45. The zero-order valence-electron chi connectivity index (χ0n) is 16.0. The van der Waals surface area contributed by atoms with E-state index in [1.807, 2.05) is 12.3 Å². The number of H-pyrrole nitrogens is 1. The van der Waals surface area contributed by atoms with E-state index in [1.165, 1.54) is 50.6 Å². The van der Waals surface area contributed by atoms with E-state index in [-0.39, 0.29) is 0 Å². The summed E-state index contributed by atoms with van der Waals surface area (Å²) in [6.45, 7) is 2.13. The largest absolute Gasteiger partial charge is 0.337 e. The number of fused-ring (bicyclic) bond motifs is 2. The number of aromatic nitrogens is 4. The second kappa shape index (κ2) is 6.78. The molecule has 3 heterocycles. The van der Waals surface area contributed by atoms with Gasteiger partial charge in [0.15, 0.2) is 5.82 Å². The van der Waals surface area contributed by atoms with E-state index < -0.39 is 0 Å². The summed E-state index contributed by atoms with van der Waals surface area (Å²) in [5.41, 5.74) is 1.64. The van der Waals surface area contributed by atoms with Crippen LogP contribution >= 0.6 is 0 Å². The lowest BCUT2D eigenvalue weighted by Crippen LogP contribution is -2.40. The van der Waals surface area contributed by atoms with Gasteiger partial charge in [0.1, 0.15) is 5.82 Å². The molecule has 2 aromatic rings. The van der Waals surface area contributed by atoms with Crippen LogP contribution in [0.15, 0.2) is 18.3 Å². The standard InChI is InChI=1S/C20H29N7/c1-21-12-20-8-6-15(11-20)27(13-20)19-22-9-7-17(24-19)23-18-10-16(25-26-18)14-4-2-3-5-14/h7,9-10,14-15,21H,2-6,8,11-13H2,1H3,(H2,22,23,24,25,26). The number of nitrogens with one attached hydrogen (secondary N) is 3. The summed E-state index contributed by atoms with van der Waals surface area (Å²) in [5, 5.41) is 14.4. The van der Waals surface area contributed by atoms with Gasteiger partial charge >= 0.3 is 0 Å². The highest BCUT2D eigenvalue weighted by Crippen LogP contribution is 2.48. The Kier molecular flexibility index (Phi) is 4.27. The molecule has 3 fully saturated rings. The first kappa shape index (κ1) is 17.0. The highest BCUT2D eigenvalue weighted by molar-refractivity contribution is 5.54. The predicted molar refractivity (Wildman–Crippen MR) is 106 cm³/mol. The fourth-order valence-corrected chi connectivity index (χ4v) is 5.44. The Morgan fingerprint density at radius 3 is 3.00 bits per heavy atom. The fraction of sp³-hybridized carbons (Fsp3) is 0.650. The van der Waals surface area contributed by atoms with E-state index in [0.29, 0.717) is 17.4 Å². The molecule has 5 rings (SSSR count). The van der Waals surface area contributed by atoms with Crippen molar-refractivity contribution in [1.29, 1.82) is 0 Å². The van der Waals surface area contributed by atoms with Crippen LogP contribution in [0.4, 0.5) is 17.6 Å². The zero-order chi connectivity index (χ0) is 18.3. The minimum atomic E-state index is 0.393. The molecule has 2 saturated carbocycles. The summed E-state index contributed by atoms with van der Waals surface area (Å²) in [6, 6.07) is 4.63. The number of hydrogen-bond donors (Lipinski definition) is 3. The normalized spacial score (nSPS) is 27.6. The maximum absolute atomic E-state index is 4.80. The monoisotopic (exact) mass is 367 g/mol. The molecule has 3 aliphatic rings. The van der Waals surface area contributed by atoms with E-state index in [2.05, 4.69) is 43.8 Å². The Hall–Kier alpha value is -2.15. The van der Waals surface area contributed by atoms with Crippen molar-refractivity contribution in [3.8, 4) is 0 Å². The average molecular weight is 368 g/mol. The van der Waals surface area contributed by atoms with E-state index in [9.17, 15) is 0 Å². The van der Waals surface area contributed by atoms with E-state index >= 15 is 0 Å². The molecular formula is C20H29N7. The lowest BCUT2D eigenvalue weighted by Gasteiger charge is -2.32. The Balaban J connectivity index is 1.30. The van der Waals surface area contributed by atoms with Gasteiger partial charge in [0, 0.05) is 48.4 Å². The van der Waals surface area contributed by atoms with Gasteiger partial charge in [-0.15, -0.1) is 0 Å². The van der Waals surface area contributed by atoms with Gasteiger partial charge in [-0.2, -0.15) is 10.1 Å². The van der Waals surface area contributed by atoms with Gasteiger partial charge in [-0.05, 0) is 45.2 Å². The molecule has 27 heavy (non-hydrogen) atoms. The summed E-state index contributed by atoms with van der Waals surface area (Å²) >= 11 is 0. The number of anilines is 3. The third-order valence-corrected chi connectivity index (χ3v) is 6.72. The Morgan fingerprint density at radius 2 is 2.15 bits per heavy atom. The van der Waals surface area contributed by atoms with E-state index in [0.717, 1.165) is 30.7 Å². The molecule has 0 aromatic carbocycles. The smallest absolute Gasteiger partial charge is 0.227 e. The maximum Gasteiger partial charge on any atom is 0.227 e. The number of aromatic amines is 1. The minimum absolute atomic E-state index is 0.393. The van der Waals surface area contributed by atoms with Crippen molar-refractivity contribution >= 4 is 17.6 Å². The van der Waals surface area contributed by atoms with Gasteiger partial charge in [0.05, 0.1) is 0 Å². The van der Waals surface area contributed by atoms with Crippen LogP contribution in [0.1, 0.15) is 56.6 Å². The molecule has 0 radical (unpaired) electrons. The van der Waals surface area contributed by atoms with E-state index in [4.69, 9.17) is 4.98 Å². The highest BCUT2D eigenvalue weighted by Gasteiger charge is 2.49. The topological polar surface area (TPSA) is 81.8 Å². The van der Waals surface area contributed by atoms with Crippen molar-refractivity contribution in [2.24, 2.45) is 5.41 Å². The minimum Gasteiger partial charge on any atom is -0.337 e. The highest BCUT2D eigenvalue weighted by atomic mass is 15.3. The molecule has 2 unspecified atom stereocenters. The van der Waals surface area contributed by atoms with Gasteiger partial charge < -0.3 is 15.5 Å². The molecule has 0 spiro atoms. The maximum atomic E-state index is 4.80. The molecule has 3 N–H and O–H groups in total. The Bertz CT molecular complexity index is 797. The quantitative estimate of drug-likeness (QED) is 0.727. The second-order valence-electron chi connectivity index (χ2n) is 8.61. The van der Waals surface area contributed by atoms with Crippen molar-refractivity contribution in [3.63, 3.8) is 0 Å². The molecule has 1 aliphatic heterocycles. The summed E-state index contributed by atoms with van der Waals surface area (Å²) in [7, 11) is 2.05. The Morgan fingerprint density at radius 1 is 1.26 bits per heavy atom. The van der Waals surface area contributed by atoms with Gasteiger partial charge in [-0.25, -0.2) is 4.98 Å².